The van der Waals surface area contributed by atoms with Crippen molar-refractivity contribution in [2.24, 2.45) is 0 Å². The lowest BCUT2D eigenvalue weighted by Gasteiger charge is -2.10. The number of hydrogen-bond donors (Lipinski definition) is 6. The van der Waals surface area contributed by atoms with Crippen molar-refractivity contribution in [1.29, 1.82) is 0 Å². The first-order chi connectivity index (χ1) is 21.2. The Morgan fingerprint density at radius 3 is 1.64 bits per heavy atom. The van der Waals surface area contributed by atoms with Gasteiger partial charge in [-0.3, -0.25) is 0 Å². The molecule has 0 bridgehead atoms. The highest BCUT2D eigenvalue weighted by Crippen LogP contribution is 2.27. The number of para-hydroxylation sites is 2. The smallest absolute Gasteiger partial charge is 0.488 e. The number of benzene rings is 4. The molecule has 0 aliphatic carbocycles. The summed E-state index contributed by atoms with van der Waals surface area (Å²) in [5.74, 6) is 2.21. The Kier molecular flexibility index (Phi) is 9.36. The molecule has 0 aliphatic heterocycles. The van der Waals surface area contributed by atoms with Gasteiger partial charge in [0.05, 0.1) is 11.0 Å². The Morgan fingerprint density at radius 2 is 1.09 bits per heavy atom. The fourth-order valence-corrected chi connectivity index (χ4v) is 5.24. The van der Waals surface area contributed by atoms with Crippen molar-refractivity contribution in [1.82, 2.24) is 19.1 Å². The van der Waals surface area contributed by atoms with Crippen LogP contribution in [0, 0.1) is 0 Å². The highest BCUT2D eigenvalue weighted by atomic mass is 16.4. The summed E-state index contributed by atoms with van der Waals surface area (Å²) < 4.78 is 4.06. The Labute approximate surface area is 255 Å². The van der Waals surface area contributed by atoms with Crippen LogP contribution in [0.15, 0.2) is 84.9 Å². The summed E-state index contributed by atoms with van der Waals surface area (Å²) in [5.41, 5.74) is 5.96. The first kappa shape index (κ1) is 30.8. The van der Waals surface area contributed by atoms with E-state index in [4.69, 9.17) is 20.1 Å². The average Bonchev–Trinajstić information content (AvgIpc) is 3.57. The second-order valence-electron chi connectivity index (χ2n) is 10.5. The van der Waals surface area contributed by atoms with Crippen molar-refractivity contribution < 1.29 is 30.3 Å². The van der Waals surface area contributed by atoms with Crippen molar-refractivity contribution in [3.63, 3.8) is 0 Å². The lowest BCUT2D eigenvalue weighted by Crippen LogP contribution is -2.29. The van der Waals surface area contributed by atoms with E-state index in [1.807, 2.05) is 54.8 Å². The molecule has 0 atom stereocenters. The number of phenolic OH excluding ortho intramolecular Hbond substituents is 2. The van der Waals surface area contributed by atoms with Crippen molar-refractivity contribution in [2.75, 3.05) is 0 Å². The molecule has 0 spiro atoms. The second kappa shape index (κ2) is 13.4. The minimum atomic E-state index is -1.46. The fourth-order valence-electron chi connectivity index (χ4n) is 5.24. The number of aromatic hydroxyl groups is 2. The summed E-state index contributed by atoms with van der Waals surface area (Å²) in [7, 11) is -2.91. The van der Waals surface area contributed by atoms with Crippen LogP contribution >= 0.6 is 0 Å². The lowest BCUT2D eigenvalue weighted by atomic mass is 9.80. The van der Waals surface area contributed by atoms with Gasteiger partial charge in [0, 0.05) is 25.9 Å². The summed E-state index contributed by atoms with van der Waals surface area (Å²) in [6.07, 6.45) is 1.53. The third-order valence-corrected chi connectivity index (χ3v) is 7.53. The largest absolute Gasteiger partial charge is 0.506 e. The highest BCUT2D eigenvalue weighted by Gasteiger charge is 2.16. The zero-order valence-corrected chi connectivity index (χ0v) is 24.5. The molecule has 4 aromatic carbocycles. The molecule has 0 amide bonds. The Morgan fingerprint density at radius 1 is 0.591 bits per heavy atom. The molecule has 10 nitrogen and oxygen atoms in total. The van der Waals surface area contributed by atoms with Gasteiger partial charge in [-0.25, -0.2) is 9.97 Å². The van der Waals surface area contributed by atoms with Crippen molar-refractivity contribution >= 4 is 47.2 Å². The first-order valence-corrected chi connectivity index (χ1v) is 14.4. The van der Waals surface area contributed by atoms with E-state index in [0.29, 0.717) is 29.5 Å². The van der Waals surface area contributed by atoms with Crippen LogP contribution in [0.1, 0.15) is 36.6 Å². The predicted octanol–water partition coefficient (Wildman–Crippen LogP) is 2.06. The number of aromatic nitrogens is 4. The number of aryl methyl sites for hydroxylation is 2. The van der Waals surface area contributed by atoms with Crippen LogP contribution in [-0.2, 0) is 25.9 Å². The van der Waals surface area contributed by atoms with E-state index in [-0.39, 0.29) is 11.5 Å². The summed E-state index contributed by atoms with van der Waals surface area (Å²) in [5, 5.41) is 56.6. The maximum absolute atomic E-state index is 10.1. The zero-order valence-electron chi connectivity index (χ0n) is 24.5. The van der Waals surface area contributed by atoms with Gasteiger partial charge in [-0.2, -0.15) is 0 Å². The molecular weight excluding hydrogens is 558 g/mol. The third-order valence-electron chi connectivity index (χ3n) is 7.53. The van der Waals surface area contributed by atoms with Crippen LogP contribution in [0.3, 0.4) is 0 Å². The topological polar surface area (TPSA) is 157 Å². The molecule has 0 unspecified atom stereocenters. The maximum atomic E-state index is 10.1. The van der Waals surface area contributed by atoms with E-state index in [1.54, 1.807) is 48.5 Å². The van der Waals surface area contributed by atoms with Gasteiger partial charge in [0.15, 0.2) is 0 Å². The van der Waals surface area contributed by atoms with E-state index < -0.39 is 14.2 Å². The quantitative estimate of drug-likeness (QED) is 0.147. The van der Waals surface area contributed by atoms with E-state index in [2.05, 4.69) is 14.5 Å². The van der Waals surface area contributed by atoms with Crippen LogP contribution in [0.5, 0.6) is 11.5 Å². The Hall–Kier alpha value is -4.61. The fraction of sp³-hybridized carbons (Fsp3) is 0.188. The number of nitrogens with zero attached hydrogens (tertiary/aromatic N) is 4. The Balaban J connectivity index is 0.000000175. The maximum Gasteiger partial charge on any atom is 0.488 e. The summed E-state index contributed by atoms with van der Waals surface area (Å²) >= 11 is 0. The SMILES string of the molecule is CCc1nc2c(O)cccc2n1Cc1ccc(B(O)O)cc1.CCc1nc2cccc(O)c2n1Cc1ccc(B(O)O)cc1. The van der Waals surface area contributed by atoms with E-state index in [1.165, 1.54) is 0 Å². The van der Waals surface area contributed by atoms with Gasteiger partial charge in [0.25, 0.3) is 0 Å². The van der Waals surface area contributed by atoms with Gasteiger partial charge >= 0.3 is 14.2 Å². The number of imidazole rings is 2. The molecule has 0 aliphatic rings. The monoisotopic (exact) mass is 592 g/mol. The van der Waals surface area contributed by atoms with Crippen molar-refractivity contribution in [2.45, 2.75) is 39.8 Å². The van der Waals surface area contributed by atoms with Gasteiger partial charge in [-0.05, 0) is 46.3 Å². The summed E-state index contributed by atoms with van der Waals surface area (Å²) in [6, 6.07) is 24.9. The number of hydrogen-bond acceptors (Lipinski definition) is 8. The molecule has 2 aromatic heterocycles. The van der Waals surface area contributed by atoms with E-state index in [0.717, 1.165) is 52.2 Å². The molecule has 12 heteroatoms. The molecular formula is C32H34B2N4O6. The van der Waals surface area contributed by atoms with Gasteiger partial charge in [-0.1, -0.05) is 74.5 Å². The minimum Gasteiger partial charge on any atom is -0.506 e. The van der Waals surface area contributed by atoms with Crippen LogP contribution in [0.2, 0.25) is 0 Å². The molecule has 0 radical (unpaired) electrons. The molecule has 6 rings (SSSR count). The molecule has 0 fully saturated rings. The molecule has 44 heavy (non-hydrogen) atoms. The highest BCUT2D eigenvalue weighted by molar-refractivity contribution is 6.58. The van der Waals surface area contributed by atoms with Crippen molar-refractivity contribution in [3.05, 3.63) is 108 Å². The van der Waals surface area contributed by atoms with Gasteiger partial charge in [0.2, 0.25) is 0 Å². The summed E-state index contributed by atoms with van der Waals surface area (Å²) in [4.78, 5) is 9.06. The van der Waals surface area contributed by atoms with Gasteiger partial charge in [-0.15, -0.1) is 0 Å². The molecule has 0 saturated carbocycles. The van der Waals surface area contributed by atoms with Gasteiger partial charge < -0.3 is 39.4 Å². The molecule has 6 aromatic rings. The Bertz CT molecular complexity index is 1870. The minimum absolute atomic E-state index is 0.185. The molecule has 2 heterocycles. The van der Waals surface area contributed by atoms with Crippen LogP contribution in [-0.4, -0.2) is 63.6 Å². The number of rotatable bonds is 8. The number of phenols is 2. The zero-order chi connectivity index (χ0) is 31.4. The van der Waals surface area contributed by atoms with Gasteiger partial charge in [0.1, 0.15) is 34.2 Å². The standard InChI is InChI=1S/2C16H17BN2O3/c1-2-15-18-16-13(4-3-5-14(16)20)19(15)10-11-6-8-12(9-7-11)17(21)22;1-2-15-18-13-4-3-5-14(20)16(13)19(15)10-11-6-8-12(9-7-11)17(21)22/h2*3-9,20-22H,2,10H2,1H3. The van der Waals surface area contributed by atoms with Crippen LogP contribution in [0.25, 0.3) is 22.1 Å². The first-order valence-electron chi connectivity index (χ1n) is 14.4. The third kappa shape index (κ3) is 6.48. The van der Waals surface area contributed by atoms with E-state index in [9.17, 15) is 10.2 Å². The lowest BCUT2D eigenvalue weighted by molar-refractivity contribution is 0.424. The van der Waals surface area contributed by atoms with Crippen LogP contribution < -0.4 is 10.9 Å². The molecule has 0 saturated heterocycles. The van der Waals surface area contributed by atoms with E-state index >= 15 is 0 Å². The normalized spacial score (nSPS) is 11.0. The predicted molar refractivity (Wildman–Crippen MR) is 172 cm³/mol. The average molecular weight is 592 g/mol. The van der Waals surface area contributed by atoms with Crippen molar-refractivity contribution in [3.8, 4) is 11.5 Å². The summed E-state index contributed by atoms with van der Waals surface area (Å²) in [6.45, 7) is 5.24. The number of fused-ring (bicyclic) bond motifs is 2. The second-order valence-corrected chi connectivity index (χ2v) is 10.5. The van der Waals surface area contributed by atoms with Crippen LogP contribution in [0.4, 0.5) is 0 Å². The molecule has 224 valence electrons. The molecule has 6 N–H and O–H groups in total.